The highest BCUT2D eigenvalue weighted by atomic mass is 32.1. The maximum atomic E-state index is 13.7. The molecule has 170 valence electrons. The van der Waals surface area contributed by atoms with Gasteiger partial charge in [0, 0.05) is 35.1 Å². The van der Waals surface area contributed by atoms with E-state index in [2.05, 4.69) is 15.3 Å². The maximum Gasteiger partial charge on any atom is 0.279 e. The summed E-state index contributed by atoms with van der Waals surface area (Å²) >= 11 is 1.37. The Morgan fingerprint density at radius 2 is 1.82 bits per heavy atom. The first-order valence-electron chi connectivity index (χ1n) is 10.6. The second-order valence-electron chi connectivity index (χ2n) is 7.49. The molecular formula is C26H22N4O3S. The van der Waals surface area contributed by atoms with E-state index in [1.807, 2.05) is 47.8 Å². The van der Waals surface area contributed by atoms with Gasteiger partial charge in [-0.1, -0.05) is 48.5 Å². The van der Waals surface area contributed by atoms with Crippen LogP contribution in [-0.2, 0) is 11.3 Å². The van der Waals surface area contributed by atoms with Crippen LogP contribution in [0.2, 0.25) is 0 Å². The Kier molecular flexibility index (Phi) is 7.19. The van der Waals surface area contributed by atoms with Crippen LogP contribution in [0.4, 0.5) is 5.69 Å². The van der Waals surface area contributed by atoms with Crippen LogP contribution in [-0.4, -0.2) is 27.6 Å². The highest BCUT2D eigenvalue weighted by molar-refractivity contribution is 7.10. The lowest BCUT2D eigenvalue weighted by molar-refractivity contribution is -0.122. The van der Waals surface area contributed by atoms with E-state index in [4.69, 9.17) is 0 Å². The quantitative estimate of drug-likeness (QED) is 0.384. The van der Waals surface area contributed by atoms with Crippen LogP contribution in [0.1, 0.15) is 44.3 Å². The lowest BCUT2D eigenvalue weighted by atomic mass is 10.1. The fourth-order valence-corrected chi connectivity index (χ4v) is 4.31. The van der Waals surface area contributed by atoms with Crippen molar-refractivity contribution < 1.29 is 14.4 Å². The molecule has 0 fully saturated rings. The highest BCUT2D eigenvalue weighted by Crippen LogP contribution is 2.32. The molecule has 0 aliphatic heterocycles. The minimum Gasteiger partial charge on any atom is -0.350 e. The van der Waals surface area contributed by atoms with Crippen molar-refractivity contribution in [2.24, 2.45) is 0 Å². The molecule has 0 radical (unpaired) electrons. The lowest BCUT2D eigenvalue weighted by Crippen LogP contribution is -2.44. The number of carbonyl (C=O) groups is 3. The standard InChI is InChI=1S/C26H22N4O3S/c1-18(31)20-9-5-10-21(15-20)30(26(33)22-17-27-12-13-28-22)24(23-11-6-14-34-23)25(32)29-16-19-7-3-2-4-8-19/h2-15,17,24H,16H2,1H3,(H,29,32). The van der Waals surface area contributed by atoms with Crippen molar-refractivity contribution in [2.75, 3.05) is 4.90 Å². The molecule has 0 saturated heterocycles. The van der Waals surface area contributed by atoms with Gasteiger partial charge in [0.1, 0.15) is 5.69 Å². The molecule has 1 N–H and O–H groups in total. The molecule has 4 rings (SSSR count). The van der Waals surface area contributed by atoms with Crippen LogP contribution < -0.4 is 10.2 Å². The largest absolute Gasteiger partial charge is 0.350 e. The summed E-state index contributed by atoms with van der Waals surface area (Å²) in [6, 6.07) is 18.9. The van der Waals surface area contributed by atoms with E-state index in [1.54, 1.807) is 24.3 Å². The van der Waals surface area contributed by atoms with Crippen molar-refractivity contribution in [3.63, 3.8) is 0 Å². The second-order valence-corrected chi connectivity index (χ2v) is 8.47. The molecule has 2 amide bonds. The van der Waals surface area contributed by atoms with E-state index in [0.717, 1.165) is 5.56 Å². The molecule has 2 heterocycles. The number of aromatic nitrogens is 2. The van der Waals surface area contributed by atoms with Crippen molar-refractivity contribution in [1.29, 1.82) is 0 Å². The summed E-state index contributed by atoms with van der Waals surface area (Å²) in [5.74, 6) is -0.992. The zero-order valence-electron chi connectivity index (χ0n) is 18.4. The van der Waals surface area contributed by atoms with Gasteiger partial charge in [0.2, 0.25) is 5.91 Å². The van der Waals surface area contributed by atoms with Gasteiger partial charge in [-0.2, -0.15) is 0 Å². The summed E-state index contributed by atoms with van der Waals surface area (Å²) in [5.41, 5.74) is 1.87. The summed E-state index contributed by atoms with van der Waals surface area (Å²) in [7, 11) is 0. The third-order valence-electron chi connectivity index (χ3n) is 5.16. The summed E-state index contributed by atoms with van der Waals surface area (Å²) in [6.45, 7) is 1.76. The molecule has 1 unspecified atom stereocenters. The predicted molar refractivity (Wildman–Crippen MR) is 131 cm³/mol. The van der Waals surface area contributed by atoms with Gasteiger partial charge in [-0.3, -0.25) is 24.3 Å². The molecule has 4 aromatic rings. The Morgan fingerprint density at radius 3 is 2.50 bits per heavy atom. The smallest absolute Gasteiger partial charge is 0.279 e. The van der Waals surface area contributed by atoms with Crippen LogP contribution in [0.3, 0.4) is 0 Å². The maximum absolute atomic E-state index is 13.7. The number of amides is 2. The number of hydrogen-bond acceptors (Lipinski definition) is 6. The number of anilines is 1. The van der Waals surface area contributed by atoms with Crippen molar-refractivity contribution in [2.45, 2.75) is 19.5 Å². The number of Topliss-reactive ketones (excluding diaryl/α,β-unsaturated/α-hetero) is 1. The van der Waals surface area contributed by atoms with Gasteiger partial charge in [0.15, 0.2) is 11.8 Å². The molecule has 2 aromatic carbocycles. The summed E-state index contributed by atoms with van der Waals surface area (Å²) in [5, 5.41) is 4.80. The number of benzene rings is 2. The molecule has 1 atom stereocenters. The molecule has 2 aromatic heterocycles. The normalized spacial score (nSPS) is 11.4. The summed E-state index contributed by atoms with van der Waals surface area (Å²) in [6.07, 6.45) is 4.26. The molecule has 0 aliphatic rings. The zero-order valence-corrected chi connectivity index (χ0v) is 19.2. The van der Waals surface area contributed by atoms with Gasteiger partial charge in [-0.25, -0.2) is 4.98 Å². The Bertz CT molecular complexity index is 1280. The fourth-order valence-electron chi connectivity index (χ4n) is 3.49. The van der Waals surface area contributed by atoms with Gasteiger partial charge >= 0.3 is 0 Å². The average Bonchev–Trinajstić information content (AvgIpc) is 3.41. The lowest BCUT2D eigenvalue weighted by Gasteiger charge is -2.30. The Morgan fingerprint density at radius 1 is 1.00 bits per heavy atom. The van der Waals surface area contributed by atoms with E-state index < -0.39 is 11.9 Å². The fraction of sp³-hybridized carbons (Fsp3) is 0.115. The third-order valence-corrected chi connectivity index (χ3v) is 6.09. The minimum atomic E-state index is -0.972. The van der Waals surface area contributed by atoms with Crippen molar-refractivity contribution in [1.82, 2.24) is 15.3 Å². The Hall–Kier alpha value is -4.17. The van der Waals surface area contributed by atoms with Crippen LogP contribution in [0.15, 0.2) is 90.7 Å². The van der Waals surface area contributed by atoms with Crippen LogP contribution in [0, 0.1) is 0 Å². The topological polar surface area (TPSA) is 92.3 Å². The van der Waals surface area contributed by atoms with Crippen molar-refractivity contribution in [3.8, 4) is 0 Å². The van der Waals surface area contributed by atoms with Gasteiger partial charge in [-0.15, -0.1) is 11.3 Å². The predicted octanol–water partition coefficient (Wildman–Crippen LogP) is 4.45. The van der Waals surface area contributed by atoms with Crippen molar-refractivity contribution >= 4 is 34.6 Å². The number of thiophene rings is 1. The van der Waals surface area contributed by atoms with E-state index in [-0.39, 0.29) is 17.4 Å². The van der Waals surface area contributed by atoms with Crippen molar-refractivity contribution in [3.05, 3.63) is 112 Å². The summed E-state index contributed by atoms with van der Waals surface area (Å²) in [4.78, 5) is 49.5. The first kappa shape index (κ1) is 23.0. The minimum absolute atomic E-state index is 0.0909. The van der Waals surface area contributed by atoms with E-state index in [1.165, 1.54) is 41.8 Å². The van der Waals surface area contributed by atoms with Crippen LogP contribution in [0.5, 0.6) is 0 Å². The van der Waals surface area contributed by atoms with Gasteiger partial charge < -0.3 is 5.32 Å². The molecular weight excluding hydrogens is 448 g/mol. The van der Waals surface area contributed by atoms with Gasteiger partial charge in [0.25, 0.3) is 5.91 Å². The molecule has 0 bridgehead atoms. The highest BCUT2D eigenvalue weighted by Gasteiger charge is 2.35. The number of ketones is 1. The molecule has 7 nitrogen and oxygen atoms in total. The summed E-state index contributed by atoms with van der Waals surface area (Å²) < 4.78 is 0. The first-order valence-corrected chi connectivity index (χ1v) is 11.5. The molecule has 34 heavy (non-hydrogen) atoms. The zero-order chi connectivity index (χ0) is 23.9. The van der Waals surface area contributed by atoms with Gasteiger partial charge in [0.05, 0.1) is 6.20 Å². The number of rotatable bonds is 8. The van der Waals surface area contributed by atoms with Gasteiger partial charge in [-0.05, 0) is 36.1 Å². The molecule has 0 aliphatic carbocycles. The number of carbonyl (C=O) groups excluding carboxylic acids is 3. The Labute approximate surface area is 201 Å². The molecule has 8 heteroatoms. The third kappa shape index (κ3) is 5.24. The molecule has 0 spiro atoms. The van der Waals surface area contributed by atoms with E-state index in [0.29, 0.717) is 22.7 Å². The first-order chi connectivity index (χ1) is 16.5. The number of nitrogens with zero attached hydrogens (tertiary/aromatic N) is 3. The Balaban J connectivity index is 1.78. The van der Waals surface area contributed by atoms with E-state index >= 15 is 0 Å². The van der Waals surface area contributed by atoms with Crippen LogP contribution >= 0.6 is 11.3 Å². The monoisotopic (exact) mass is 470 g/mol. The SMILES string of the molecule is CC(=O)c1cccc(N(C(=O)c2cnccn2)C(C(=O)NCc2ccccc2)c2cccs2)c1. The number of hydrogen-bond donors (Lipinski definition) is 1. The van der Waals surface area contributed by atoms with Crippen LogP contribution in [0.25, 0.3) is 0 Å². The number of nitrogens with one attached hydrogen (secondary N) is 1. The molecule has 0 saturated carbocycles. The average molecular weight is 471 g/mol. The van der Waals surface area contributed by atoms with E-state index in [9.17, 15) is 14.4 Å². The second kappa shape index (κ2) is 10.6.